The van der Waals surface area contributed by atoms with Crippen LogP contribution in [0, 0.1) is 13.8 Å². The van der Waals surface area contributed by atoms with E-state index >= 15 is 0 Å². The van der Waals surface area contributed by atoms with Crippen molar-refractivity contribution in [3.05, 3.63) is 64.3 Å². The highest BCUT2D eigenvalue weighted by atomic mass is 16.5. The molecule has 9 nitrogen and oxygen atoms in total. The van der Waals surface area contributed by atoms with Crippen molar-refractivity contribution in [2.75, 3.05) is 38.6 Å². The SMILES string of the molecule is Cc1cc(-c2c(-c3ccccc3)nc(N)n3c(=O)n(CCN4CCOCC4)nc23)cc(C)n1. The first kappa shape index (κ1) is 21.3. The second kappa shape index (κ2) is 8.76. The van der Waals surface area contributed by atoms with Crippen molar-refractivity contribution in [3.63, 3.8) is 0 Å². The fraction of sp³-hybridized carbons (Fsp3) is 0.333. The topological polar surface area (TPSA) is 104 Å². The number of nitrogens with zero attached hydrogens (tertiary/aromatic N) is 6. The lowest BCUT2D eigenvalue weighted by molar-refractivity contribution is 0.0358. The van der Waals surface area contributed by atoms with Crippen LogP contribution in [0.1, 0.15) is 11.4 Å². The summed E-state index contributed by atoms with van der Waals surface area (Å²) in [5.41, 5.74) is 11.6. The maximum atomic E-state index is 13.3. The van der Waals surface area contributed by atoms with Gasteiger partial charge in [0.1, 0.15) is 0 Å². The number of fused-ring (bicyclic) bond motifs is 1. The standard InChI is InChI=1S/C24H27N7O2/c1-16-14-19(15-17(2)26-16)20-21(18-6-4-3-5-7-18)27-23(25)31-22(20)28-30(24(31)32)9-8-29-10-12-33-13-11-29/h3-7,14-15H,8-13H2,1-2H3,(H2,25,27). The fourth-order valence-electron chi connectivity index (χ4n) is 4.36. The Labute approximate surface area is 191 Å². The number of nitrogens with two attached hydrogens (primary N) is 1. The molecule has 0 atom stereocenters. The number of aryl methyl sites for hydroxylation is 2. The zero-order valence-electron chi connectivity index (χ0n) is 18.9. The summed E-state index contributed by atoms with van der Waals surface area (Å²) in [6.07, 6.45) is 0. The van der Waals surface area contributed by atoms with Gasteiger partial charge in [0.05, 0.1) is 31.0 Å². The summed E-state index contributed by atoms with van der Waals surface area (Å²) in [4.78, 5) is 24.7. The van der Waals surface area contributed by atoms with E-state index in [0.29, 0.717) is 31.1 Å². The van der Waals surface area contributed by atoms with Gasteiger partial charge in [0.2, 0.25) is 5.95 Å². The molecule has 0 saturated carbocycles. The Balaban J connectivity index is 1.70. The van der Waals surface area contributed by atoms with Gasteiger partial charge in [0, 0.05) is 36.6 Å². The predicted molar refractivity (Wildman–Crippen MR) is 127 cm³/mol. The van der Waals surface area contributed by atoms with Gasteiger partial charge in [-0.25, -0.2) is 18.9 Å². The maximum Gasteiger partial charge on any atom is 0.353 e. The molecule has 2 N–H and O–H groups in total. The predicted octanol–water partition coefficient (Wildman–Crippen LogP) is 2.15. The lowest BCUT2D eigenvalue weighted by atomic mass is 9.99. The molecular formula is C24H27N7O2. The maximum absolute atomic E-state index is 13.3. The van der Waals surface area contributed by atoms with E-state index in [4.69, 9.17) is 15.6 Å². The first-order valence-electron chi connectivity index (χ1n) is 11.1. The summed E-state index contributed by atoms with van der Waals surface area (Å²) in [6.45, 7) is 8.21. The molecule has 0 spiro atoms. The van der Waals surface area contributed by atoms with Gasteiger partial charge in [-0.05, 0) is 31.5 Å². The van der Waals surface area contributed by atoms with Crippen LogP contribution < -0.4 is 11.4 Å². The minimum absolute atomic E-state index is 0.123. The monoisotopic (exact) mass is 445 g/mol. The van der Waals surface area contributed by atoms with Crippen LogP contribution >= 0.6 is 0 Å². The van der Waals surface area contributed by atoms with Gasteiger partial charge in [-0.2, -0.15) is 0 Å². The summed E-state index contributed by atoms with van der Waals surface area (Å²) in [6, 6.07) is 13.8. The van der Waals surface area contributed by atoms with Crippen molar-refractivity contribution in [1.82, 2.24) is 29.0 Å². The summed E-state index contributed by atoms with van der Waals surface area (Å²) in [5, 5.41) is 4.75. The van der Waals surface area contributed by atoms with Crippen LogP contribution in [0.2, 0.25) is 0 Å². The van der Waals surface area contributed by atoms with Crippen LogP contribution in [0.5, 0.6) is 0 Å². The number of pyridine rings is 1. The molecule has 170 valence electrons. The fourth-order valence-corrected chi connectivity index (χ4v) is 4.36. The number of nitrogen functional groups attached to an aromatic ring is 1. The zero-order chi connectivity index (χ0) is 22.9. The minimum Gasteiger partial charge on any atom is -0.379 e. The lowest BCUT2D eigenvalue weighted by Crippen LogP contribution is -2.39. The molecule has 1 saturated heterocycles. The van der Waals surface area contributed by atoms with E-state index < -0.39 is 0 Å². The van der Waals surface area contributed by atoms with Crippen molar-refractivity contribution in [2.24, 2.45) is 0 Å². The molecule has 0 bridgehead atoms. The molecule has 1 aliphatic rings. The summed E-state index contributed by atoms with van der Waals surface area (Å²) in [7, 11) is 0. The average Bonchev–Trinajstić information content (AvgIpc) is 3.14. The van der Waals surface area contributed by atoms with E-state index in [2.05, 4.69) is 14.9 Å². The lowest BCUT2D eigenvalue weighted by Gasteiger charge is -2.26. The molecule has 4 aromatic rings. The molecule has 33 heavy (non-hydrogen) atoms. The molecule has 0 unspecified atom stereocenters. The van der Waals surface area contributed by atoms with E-state index in [1.54, 1.807) is 0 Å². The Bertz CT molecular complexity index is 1330. The quantitative estimate of drug-likeness (QED) is 0.502. The van der Waals surface area contributed by atoms with E-state index in [0.717, 1.165) is 47.7 Å². The Morgan fingerprint density at radius 1 is 0.970 bits per heavy atom. The number of hydrogen-bond donors (Lipinski definition) is 1. The highest BCUT2D eigenvalue weighted by molar-refractivity contribution is 5.90. The van der Waals surface area contributed by atoms with Crippen molar-refractivity contribution in [1.29, 1.82) is 0 Å². The number of aromatic nitrogens is 5. The number of morpholine rings is 1. The molecule has 0 radical (unpaired) electrons. The van der Waals surface area contributed by atoms with Crippen molar-refractivity contribution in [3.8, 4) is 22.4 Å². The number of anilines is 1. The van der Waals surface area contributed by atoms with E-state index in [-0.39, 0.29) is 11.6 Å². The van der Waals surface area contributed by atoms with Gasteiger partial charge in [-0.1, -0.05) is 30.3 Å². The molecule has 1 fully saturated rings. The normalized spacial score (nSPS) is 14.7. The Hall–Kier alpha value is -3.56. The molecule has 5 rings (SSSR count). The molecule has 3 aromatic heterocycles. The van der Waals surface area contributed by atoms with Crippen molar-refractivity contribution in [2.45, 2.75) is 20.4 Å². The highest BCUT2D eigenvalue weighted by Gasteiger charge is 2.22. The van der Waals surface area contributed by atoms with Crippen LogP contribution in [-0.2, 0) is 11.3 Å². The Kier molecular flexibility index (Phi) is 5.65. The molecular weight excluding hydrogens is 418 g/mol. The molecule has 1 aromatic carbocycles. The molecule has 0 amide bonds. The van der Waals surface area contributed by atoms with Crippen LogP contribution in [0.4, 0.5) is 5.95 Å². The smallest absolute Gasteiger partial charge is 0.353 e. The Morgan fingerprint density at radius 2 is 1.67 bits per heavy atom. The third kappa shape index (κ3) is 4.12. The van der Waals surface area contributed by atoms with Crippen molar-refractivity contribution >= 4 is 11.6 Å². The third-order valence-corrected chi connectivity index (χ3v) is 5.90. The molecule has 4 heterocycles. The van der Waals surface area contributed by atoms with Gasteiger partial charge in [-0.3, -0.25) is 9.88 Å². The second-order valence-electron chi connectivity index (χ2n) is 8.32. The Morgan fingerprint density at radius 3 is 2.36 bits per heavy atom. The average molecular weight is 446 g/mol. The van der Waals surface area contributed by atoms with Gasteiger partial charge in [-0.15, -0.1) is 5.10 Å². The molecule has 0 aliphatic carbocycles. The van der Waals surface area contributed by atoms with Crippen LogP contribution in [0.3, 0.4) is 0 Å². The summed E-state index contributed by atoms with van der Waals surface area (Å²) < 4.78 is 8.32. The van der Waals surface area contributed by atoms with Gasteiger partial charge < -0.3 is 10.5 Å². The van der Waals surface area contributed by atoms with Gasteiger partial charge >= 0.3 is 5.69 Å². The van der Waals surface area contributed by atoms with Gasteiger partial charge in [0.25, 0.3) is 0 Å². The third-order valence-electron chi connectivity index (χ3n) is 5.90. The summed E-state index contributed by atoms with van der Waals surface area (Å²) >= 11 is 0. The van der Waals surface area contributed by atoms with E-state index in [1.807, 2.05) is 56.3 Å². The first-order chi connectivity index (χ1) is 16.0. The number of ether oxygens (including phenoxy) is 1. The number of hydrogen-bond acceptors (Lipinski definition) is 7. The number of rotatable bonds is 5. The van der Waals surface area contributed by atoms with E-state index in [1.165, 1.54) is 9.08 Å². The molecule has 9 heteroatoms. The van der Waals surface area contributed by atoms with Crippen LogP contribution in [-0.4, -0.2) is 61.9 Å². The second-order valence-corrected chi connectivity index (χ2v) is 8.32. The van der Waals surface area contributed by atoms with Gasteiger partial charge in [0.15, 0.2) is 5.65 Å². The van der Waals surface area contributed by atoms with Crippen LogP contribution in [0.15, 0.2) is 47.3 Å². The number of benzene rings is 1. The first-order valence-corrected chi connectivity index (χ1v) is 11.1. The zero-order valence-corrected chi connectivity index (χ0v) is 18.9. The van der Waals surface area contributed by atoms with Crippen LogP contribution in [0.25, 0.3) is 28.0 Å². The van der Waals surface area contributed by atoms with Crippen molar-refractivity contribution < 1.29 is 4.74 Å². The minimum atomic E-state index is -0.286. The van der Waals surface area contributed by atoms with E-state index in [9.17, 15) is 4.79 Å². The largest absolute Gasteiger partial charge is 0.379 e. The summed E-state index contributed by atoms with van der Waals surface area (Å²) in [5.74, 6) is 0.123. The molecule has 1 aliphatic heterocycles. The highest BCUT2D eigenvalue weighted by Crippen LogP contribution is 2.34.